The quantitative estimate of drug-likeness (QED) is 0.512. The maximum absolute atomic E-state index is 11.0. The van der Waals surface area contributed by atoms with Crippen molar-refractivity contribution in [2.24, 2.45) is 0 Å². The Morgan fingerprint density at radius 3 is 1.58 bits per heavy atom. The van der Waals surface area contributed by atoms with E-state index in [1.807, 2.05) is 0 Å². The number of anilines is 1. The molecule has 5 N–H and O–H groups in total. The Balaban J connectivity index is 0.00000324. The summed E-state index contributed by atoms with van der Waals surface area (Å²) in [4.78, 5) is 46.0. The molecule has 0 spiro atoms. The average molecular weight is 313 g/mol. The molecule has 1 aromatic carbocycles. The average Bonchev–Trinajstić information content (AvgIpc) is 2.13. The third kappa shape index (κ3) is 4.43. The number of hydrogen-bond donors (Lipinski definition) is 5. The molecule has 0 heterocycles. The van der Waals surface area contributed by atoms with E-state index >= 15 is 0 Å². The number of hydrogen-bond acceptors (Lipinski definition) is 3. The van der Waals surface area contributed by atoms with Crippen LogP contribution < -0.4 is 4.44 Å². The van der Waals surface area contributed by atoms with Crippen molar-refractivity contribution >= 4 is 27.1 Å². The first kappa shape index (κ1) is 17.8. The van der Waals surface area contributed by atoms with Gasteiger partial charge in [0, 0.05) is 0 Å². The Morgan fingerprint density at radius 1 is 0.947 bits per heavy atom. The first-order valence-electron chi connectivity index (χ1n) is 4.29. The molecule has 0 fully saturated rings. The van der Waals surface area contributed by atoms with Crippen LogP contribution >= 0.6 is 15.5 Å². The van der Waals surface area contributed by atoms with E-state index in [2.05, 4.69) is 0 Å². The lowest BCUT2D eigenvalue weighted by molar-refractivity contribution is 0.0697. The highest BCUT2D eigenvalue weighted by molar-refractivity contribution is 7.72. The highest BCUT2D eigenvalue weighted by Gasteiger charge is 2.39. The summed E-state index contributed by atoms with van der Waals surface area (Å²) in [5, 5.41) is 8.61. The summed E-state index contributed by atoms with van der Waals surface area (Å²) in [6, 6.07) is 3.72. The molecule has 0 saturated heterocycles. The number of carbonyl (C=O) groups is 1. The maximum Gasteiger partial charge on any atom is 0.439 e. The first-order valence-corrected chi connectivity index (χ1v) is 7.42. The highest BCUT2D eigenvalue weighted by atomic mass is 31.3. The van der Waals surface area contributed by atoms with Gasteiger partial charge in [-0.05, 0) is 24.3 Å². The molecule has 0 radical (unpaired) electrons. The lowest BCUT2D eigenvalue weighted by Crippen LogP contribution is -2.15. The molecule has 19 heavy (non-hydrogen) atoms. The minimum Gasteiger partial charge on any atom is -0.478 e. The summed E-state index contributed by atoms with van der Waals surface area (Å²) in [7, 11) is -10.5. The van der Waals surface area contributed by atoms with Crippen LogP contribution in [-0.2, 0) is 9.13 Å². The van der Waals surface area contributed by atoms with Gasteiger partial charge in [-0.25, -0.2) is 13.9 Å². The fourth-order valence-electron chi connectivity index (χ4n) is 1.19. The van der Waals surface area contributed by atoms with E-state index in [-0.39, 0.29) is 17.4 Å². The van der Waals surface area contributed by atoms with E-state index in [0.717, 1.165) is 24.3 Å². The molecule has 1 rings (SSSR count). The van der Waals surface area contributed by atoms with Gasteiger partial charge in [-0.1, -0.05) is 7.43 Å². The number of nitrogens with zero attached hydrogens (tertiary/aromatic N) is 1. The predicted octanol–water partition coefficient (Wildman–Crippen LogP) is 1.01. The van der Waals surface area contributed by atoms with Crippen LogP contribution in [0.4, 0.5) is 5.69 Å². The van der Waals surface area contributed by atoms with Crippen molar-refractivity contribution in [3.63, 3.8) is 0 Å². The third-order valence-electron chi connectivity index (χ3n) is 1.84. The minimum absolute atomic E-state index is 0. The van der Waals surface area contributed by atoms with E-state index in [1.54, 1.807) is 0 Å². The second kappa shape index (κ2) is 5.83. The standard InChI is InChI=1S/C7H9NO8P2.CH4/c9-7(10)5-1-3-6(4-2-5)8(17(11,12)13)18(14,15)16;/h1-4H,(H,9,10)(H2,11,12,13)(H2,14,15,16);1H4. The molecule has 11 heteroatoms. The summed E-state index contributed by atoms with van der Waals surface area (Å²) in [6.07, 6.45) is 0. The van der Waals surface area contributed by atoms with Gasteiger partial charge in [-0.2, -0.15) is 4.44 Å². The topological polar surface area (TPSA) is 156 Å². The Kier molecular flexibility index (Phi) is 5.46. The van der Waals surface area contributed by atoms with Crippen molar-refractivity contribution in [3.8, 4) is 0 Å². The summed E-state index contributed by atoms with van der Waals surface area (Å²) < 4.78 is 21.6. The van der Waals surface area contributed by atoms with Crippen LogP contribution in [-0.4, -0.2) is 30.6 Å². The van der Waals surface area contributed by atoms with Crippen molar-refractivity contribution < 1.29 is 38.6 Å². The van der Waals surface area contributed by atoms with Gasteiger partial charge in [-0.15, -0.1) is 0 Å². The van der Waals surface area contributed by atoms with E-state index in [1.165, 1.54) is 0 Å². The van der Waals surface area contributed by atoms with Crippen LogP contribution in [0.25, 0.3) is 0 Å². The van der Waals surface area contributed by atoms with Gasteiger partial charge in [-0.3, -0.25) is 0 Å². The van der Waals surface area contributed by atoms with Crippen molar-refractivity contribution in [2.45, 2.75) is 7.43 Å². The smallest absolute Gasteiger partial charge is 0.439 e. The molecule has 0 aromatic heterocycles. The molecule has 0 bridgehead atoms. The van der Waals surface area contributed by atoms with Crippen LogP contribution in [0.5, 0.6) is 0 Å². The molecular formula is C8H13NO8P2. The van der Waals surface area contributed by atoms with Crippen LogP contribution in [0.3, 0.4) is 0 Å². The fraction of sp³-hybridized carbons (Fsp3) is 0.125. The summed E-state index contributed by atoms with van der Waals surface area (Å²) in [5.41, 5.74) is -0.670. The fourth-order valence-corrected chi connectivity index (χ4v) is 3.27. The number of aromatic carboxylic acids is 1. The normalized spacial score (nSPS) is 11.6. The van der Waals surface area contributed by atoms with E-state index in [9.17, 15) is 13.9 Å². The monoisotopic (exact) mass is 313 g/mol. The van der Waals surface area contributed by atoms with E-state index in [4.69, 9.17) is 24.7 Å². The van der Waals surface area contributed by atoms with Gasteiger partial charge in [0.15, 0.2) is 0 Å². The summed E-state index contributed by atoms with van der Waals surface area (Å²) in [6.45, 7) is 0. The van der Waals surface area contributed by atoms with Gasteiger partial charge in [0.1, 0.15) is 0 Å². The number of carboxylic acids is 1. The maximum atomic E-state index is 11.0. The van der Waals surface area contributed by atoms with Gasteiger partial charge in [0.25, 0.3) is 0 Å². The molecule has 0 aliphatic heterocycles. The Morgan fingerprint density at radius 2 is 1.32 bits per heavy atom. The molecule has 0 aliphatic carbocycles. The predicted molar refractivity (Wildman–Crippen MR) is 66.7 cm³/mol. The molecule has 108 valence electrons. The first-order chi connectivity index (χ1) is 8.03. The zero-order chi connectivity index (χ0) is 14.1. The van der Waals surface area contributed by atoms with Crippen molar-refractivity contribution in [1.82, 2.24) is 0 Å². The third-order valence-corrected chi connectivity index (χ3v) is 4.69. The summed E-state index contributed by atoms with van der Waals surface area (Å²) in [5.74, 6) is -1.28. The molecule has 0 amide bonds. The number of rotatable bonds is 4. The van der Waals surface area contributed by atoms with Crippen LogP contribution in [0.15, 0.2) is 24.3 Å². The molecule has 1 aromatic rings. The van der Waals surface area contributed by atoms with Crippen molar-refractivity contribution in [2.75, 3.05) is 4.44 Å². The van der Waals surface area contributed by atoms with E-state index < -0.39 is 27.1 Å². The second-order valence-corrected chi connectivity index (χ2v) is 6.34. The zero-order valence-corrected chi connectivity index (χ0v) is 10.4. The number of benzene rings is 1. The number of carboxylic acid groups (broad SMARTS) is 1. The zero-order valence-electron chi connectivity index (χ0n) is 8.61. The lowest BCUT2D eigenvalue weighted by Gasteiger charge is -2.25. The Hall–Kier alpha value is -1.21. The second-order valence-electron chi connectivity index (χ2n) is 3.17. The van der Waals surface area contributed by atoms with Crippen molar-refractivity contribution in [3.05, 3.63) is 29.8 Å². The Labute approximate surface area is 108 Å². The Bertz CT molecular complexity index is 522. The van der Waals surface area contributed by atoms with Gasteiger partial charge < -0.3 is 24.7 Å². The molecule has 0 aliphatic rings. The lowest BCUT2D eigenvalue weighted by atomic mass is 10.2. The van der Waals surface area contributed by atoms with Crippen molar-refractivity contribution in [1.29, 1.82) is 0 Å². The van der Waals surface area contributed by atoms with Crippen LogP contribution in [0.1, 0.15) is 17.8 Å². The van der Waals surface area contributed by atoms with E-state index in [0.29, 0.717) is 0 Å². The van der Waals surface area contributed by atoms with Gasteiger partial charge in [0.05, 0.1) is 11.3 Å². The molecule has 0 unspecified atom stereocenters. The molecule has 9 nitrogen and oxygen atoms in total. The van der Waals surface area contributed by atoms with Crippen LogP contribution in [0.2, 0.25) is 0 Å². The van der Waals surface area contributed by atoms with Gasteiger partial charge in [0.2, 0.25) is 0 Å². The summed E-state index contributed by atoms with van der Waals surface area (Å²) >= 11 is 0. The highest BCUT2D eigenvalue weighted by Crippen LogP contribution is 2.60. The van der Waals surface area contributed by atoms with Crippen LogP contribution in [0, 0.1) is 0 Å². The molecule has 0 saturated carbocycles. The largest absolute Gasteiger partial charge is 0.478 e. The van der Waals surface area contributed by atoms with Gasteiger partial charge >= 0.3 is 21.5 Å². The minimum atomic E-state index is -5.24. The molecule has 0 atom stereocenters. The SMILES string of the molecule is C.O=C(O)c1ccc(N(P(=O)(O)O)P(=O)(O)O)cc1. The molecular weight excluding hydrogens is 300 g/mol.